The summed E-state index contributed by atoms with van der Waals surface area (Å²) < 4.78 is 0. The second kappa shape index (κ2) is 5.64. The number of anilines is 1. The molecule has 0 radical (unpaired) electrons. The Hall–Kier alpha value is -1.18. The first-order valence-corrected chi connectivity index (χ1v) is 6.57. The summed E-state index contributed by atoms with van der Waals surface area (Å²) in [5.41, 5.74) is 4.73. The van der Waals surface area contributed by atoms with Crippen LogP contribution in [0.5, 0.6) is 0 Å². The standard InChI is InChI=1S/C15H15Cl2N/c1-10-4-3-5-15(11(10)2)18-9-12-6-7-13(16)8-14(12)17/h3-8,18H,9H2,1-2H3. The van der Waals surface area contributed by atoms with Crippen LogP contribution < -0.4 is 5.32 Å². The SMILES string of the molecule is Cc1cccc(NCc2ccc(Cl)cc2Cl)c1C. The van der Waals surface area contributed by atoms with E-state index in [1.165, 1.54) is 11.1 Å². The van der Waals surface area contributed by atoms with E-state index in [9.17, 15) is 0 Å². The van der Waals surface area contributed by atoms with Crippen LogP contribution in [-0.2, 0) is 6.54 Å². The van der Waals surface area contributed by atoms with Gasteiger partial charge in [-0.2, -0.15) is 0 Å². The lowest BCUT2D eigenvalue weighted by Gasteiger charge is -2.12. The van der Waals surface area contributed by atoms with Gasteiger partial charge in [0.2, 0.25) is 0 Å². The Bertz CT molecular complexity index is 564. The molecule has 1 nitrogen and oxygen atoms in total. The minimum Gasteiger partial charge on any atom is -0.381 e. The third-order valence-electron chi connectivity index (χ3n) is 3.09. The van der Waals surface area contributed by atoms with Crippen molar-refractivity contribution in [2.24, 2.45) is 0 Å². The topological polar surface area (TPSA) is 12.0 Å². The highest BCUT2D eigenvalue weighted by atomic mass is 35.5. The average Bonchev–Trinajstić information content (AvgIpc) is 2.33. The van der Waals surface area contributed by atoms with E-state index >= 15 is 0 Å². The minimum absolute atomic E-state index is 0.662. The van der Waals surface area contributed by atoms with Crippen molar-refractivity contribution in [3.8, 4) is 0 Å². The predicted octanol–water partition coefficient (Wildman–Crippen LogP) is 5.22. The summed E-state index contributed by atoms with van der Waals surface area (Å²) in [5, 5.41) is 4.76. The van der Waals surface area contributed by atoms with Gasteiger partial charge in [-0.1, -0.05) is 41.4 Å². The molecule has 0 atom stereocenters. The van der Waals surface area contributed by atoms with Crippen LogP contribution in [0.25, 0.3) is 0 Å². The molecule has 94 valence electrons. The molecule has 3 heteroatoms. The Kier molecular flexibility index (Phi) is 4.15. The normalized spacial score (nSPS) is 10.4. The molecule has 0 aliphatic carbocycles. The minimum atomic E-state index is 0.662. The number of rotatable bonds is 3. The maximum atomic E-state index is 6.14. The zero-order chi connectivity index (χ0) is 13.1. The maximum absolute atomic E-state index is 6.14. The Balaban J connectivity index is 2.14. The monoisotopic (exact) mass is 279 g/mol. The van der Waals surface area contributed by atoms with E-state index in [4.69, 9.17) is 23.2 Å². The molecule has 0 saturated carbocycles. The van der Waals surface area contributed by atoms with E-state index in [-0.39, 0.29) is 0 Å². The summed E-state index contributed by atoms with van der Waals surface area (Å²) in [6.07, 6.45) is 0. The van der Waals surface area contributed by atoms with Crippen LogP contribution in [0.2, 0.25) is 10.0 Å². The van der Waals surface area contributed by atoms with Crippen molar-refractivity contribution in [2.75, 3.05) is 5.32 Å². The summed E-state index contributed by atoms with van der Waals surface area (Å²) in [5.74, 6) is 0. The van der Waals surface area contributed by atoms with Gasteiger partial charge in [-0.15, -0.1) is 0 Å². The molecule has 0 amide bonds. The fourth-order valence-corrected chi connectivity index (χ4v) is 2.27. The van der Waals surface area contributed by atoms with E-state index in [2.05, 4.69) is 31.3 Å². The van der Waals surface area contributed by atoms with Crippen molar-refractivity contribution in [2.45, 2.75) is 20.4 Å². The van der Waals surface area contributed by atoms with Crippen LogP contribution in [0.1, 0.15) is 16.7 Å². The molecule has 1 N–H and O–H groups in total. The molecule has 0 aliphatic heterocycles. The van der Waals surface area contributed by atoms with Crippen LogP contribution in [-0.4, -0.2) is 0 Å². The zero-order valence-corrected chi connectivity index (χ0v) is 11.9. The van der Waals surface area contributed by atoms with Gasteiger partial charge in [0.05, 0.1) is 0 Å². The summed E-state index contributed by atoms with van der Waals surface area (Å²) in [6, 6.07) is 11.8. The van der Waals surface area contributed by atoms with Crippen molar-refractivity contribution in [3.05, 3.63) is 63.1 Å². The second-order valence-corrected chi connectivity index (χ2v) is 5.18. The highest BCUT2D eigenvalue weighted by molar-refractivity contribution is 6.35. The van der Waals surface area contributed by atoms with Gasteiger partial charge >= 0.3 is 0 Å². The quantitative estimate of drug-likeness (QED) is 0.812. The van der Waals surface area contributed by atoms with E-state index in [0.717, 1.165) is 11.3 Å². The molecule has 0 bridgehead atoms. The van der Waals surface area contributed by atoms with Gasteiger partial charge in [0.15, 0.2) is 0 Å². The fourth-order valence-electron chi connectivity index (χ4n) is 1.80. The fraction of sp³-hybridized carbons (Fsp3) is 0.200. The first-order valence-electron chi connectivity index (χ1n) is 5.82. The van der Waals surface area contributed by atoms with Gasteiger partial charge in [-0.25, -0.2) is 0 Å². The number of benzene rings is 2. The van der Waals surface area contributed by atoms with Crippen molar-refractivity contribution in [3.63, 3.8) is 0 Å². The molecule has 0 saturated heterocycles. The molecule has 0 heterocycles. The Morgan fingerprint density at radius 3 is 2.56 bits per heavy atom. The van der Waals surface area contributed by atoms with Gasteiger partial charge in [-0.3, -0.25) is 0 Å². The lowest BCUT2D eigenvalue weighted by molar-refractivity contribution is 1.13. The summed E-state index contributed by atoms with van der Waals surface area (Å²) in [6.45, 7) is 4.91. The highest BCUT2D eigenvalue weighted by Crippen LogP contribution is 2.23. The largest absolute Gasteiger partial charge is 0.381 e. The molecule has 0 aliphatic rings. The van der Waals surface area contributed by atoms with Gasteiger partial charge < -0.3 is 5.32 Å². The number of hydrogen-bond acceptors (Lipinski definition) is 1. The Labute approximate surface area is 118 Å². The number of hydrogen-bond donors (Lipinski definition) is 1. The molecule has 2 aromatic carbocycles. The number of aryl methyl sites for hydroxylation is 1. The number of halogens is 2. The Morgan fingerprint density at radius 2 is 1.83 bits per heavy atom. The average molecular weight is 280 g/mol. The highest BCUT2D eigenvalue weighted by Gasteiger charge is 2.03. The van der Waals surface area contributed by atoms with Gasteiger partial charge in [0.25, 0.3) is 0 Å². The molecule has 0 fully saturated rings. The third-order valence-corrected chi connectivity index (χ3v) is 3.68. The zero-order valence-electron chi connectivity index (χ0n) is 10.4. The molecule has 18 heavy (non-hydrogen) atoms. The van der Waals surface area contributed by atoms with E-state index in [0.29, 0.717) is 16.6 Å². The lowest BCUT2D eigenvalue weighted by atomic mass is 10.1. The van der Waals surface area contributed by atoms with Crippen LogP contribution in [0.15, 0.2) is 36.4 Å². The Morgan fingerprint density at radius 1 is 1.06 bits per heavy atom. The smallest absolute Gasteiger partial charge is 0.0470 e. The van der Waals surface area contributed by atoms with Crippen molar-refractivity contribution in [1.29, 1.82) is 0 Å². The first kappa shape index (κ1) is 13.3. The maximum Gasteiger partial charge on any atom is 0.0470 e. The van der Waals surface area contributed by atoms with Crippen LogP contribution in [0.4, 0.5) is 5.69 Å². The summed E-state index contributed by atoms with van der Waals surface area (Å²) >= 11 is 12.0. The molecular formula is C15H15Cl2N. The second-order valence-electron chi connectivity index (χ2n) is 4.34. The van der Waals surface area contributed by atoms with Crippen LogP contribution in [0, 0.1) is 13.8 Å². The van der Waals surface area contributed by atoms with Crippen molar-refractivity contribution >= 4 is 28.9 Å². The van der Waals surface area contributed by atoms with Gasteiger partial charge in [0.1, 0.15) is 0 Å². The first-order chi connectivity index (χ1) is 8.58. The van der Waals surface area contributed by atoms with E-state index in [1.54, 1.807) is 6.07 Å². The molecule has 0 unspecified atom stereocenters. The molecule has 0 spiro atoms. The van der Waals surface area contributed by atoms with Gasteiger partial charge in [-0.05, 0) is 48.7 Å². The lowest BCUT2D eigenvalue weighted by Crippen LogP contribution is -2.02. The van der Waals surface area contributed by atoms with Crippen molar-refractivity contribution in [1.82, 2.24) is 0 Å². The van der Waals surface area contributed by atoms with E-state index < -0.39 is 0 Å². The molecule has 2 aromatic rings. The molecular weight excluding hydrogens is 265 g/mol. The predicted molar refractivity (Wildman–Crippen MR) is 79.7 cm³/mol. The summed E-state index contributed by atoms with van der Waals surface area (Å²) in [4.78, 5) is 0. The van der Waals surface area contributed by atoms with Crippen LogP contribution >= 0.6 is 23.2 Å². The third kappa shape index (κ3) is 2.98. The molecule has 2 rings (SSSR count). The van der Waals surface area contributed by atoms with E-state index in [1.807, 2.05) is 18.2 Å². The summed E-state index contributed by atoms with van der Waals surface area (Å²) in [7, 11) is 0. The van der Waals surface area contributed by atoms with Gasteiger partial charge in [0, 0.05) is 22.3 Å². The van der Waals surface area contributed by atoms with Crippen LogP contribution in [0.3, 0.4) is 0 Å². The van der Waals surface area contributed by atoms with Crippen molar-refractivity contribution < 1.29 is 0 Å². The molecule has 0 aromatic heterocycles. The number of nitrogens with one attached hydrogen (secondary N) is 1.